The average Bonchev–Trinajstić information content (AvgIpc) is 2.42. The molecule has 0 saturated heterocycles. The number of anilines is 2. The van der Waals surface area contributed by atoms with E-state index < -0.39 is 0 Å². The summed E-state index contributed by atoms with van der Waals surface area (Å²) in [6, 6.07) is 8.25. The summed E-state index contributed by atoms with van der Waals surface area (Å²) in [5.41, 5.74) is 7.58. The van der Waals surface area contributed by atoms with Crippen molar-refractivity contribution in [3.05, 3.63) is 52.8 Å². The Labute approximate surface area is 115 Å². The Hall–Kier alpha value is -2.11. The number of aliphatic hydroxyl groups is 1. The van der Waals surface area contributed by atoms with E-state index in [1.165, 1.54) is 12.3 Å². The number of aliphatic hydroxyl groups excluding tert-OH is 1. The molecule has 0 saturated carbocycles. The summed E-state index contributed by atoms with van der Waals surface area (Å²) < 4.78 is 0. The second-order valence-electron chi connectivity index (χ2n) is 3.90. The molecule has 0 radical (unpaired) electrons. The zero-order valence-corrected chi connectivity index (χ0v) is 10.7. The van der Waals surface area contributed by atoms with Gasteiger partial charge in [0.25, 0.3) is 5.91 Å². The fraction of sp³-hybridized carbons (Fsp3) is 0.0769. The number of pyridine rings is 1. The highest BCUT2D eigenvalue weighted by Crippen LogP contribution is 2.17. The molecule has 1 aromatic heterocycles. The van der Waals surface area contributed by atoms with Crippen molar-refractivity contribution in [2.45, 2.75) is 6.61 Å². The van der Waals surface area contributed by atoms with Crippen LogP contribution in [-0.4, -0.2) is 16.0 Å². The number of amides is 1. The second kappa shape index (κ2) is 5.69. The Bertz CT molecular complexity index is 599. The summed E-state index contributed by atoms with van der Waals surface area (Å²) in [5, 5.41) is 11.8. The first kappa shape index (κ1) is 13.3. The smallest absolute Gasteiger partial charge is 0.257 e. The summed E-state index contributed by atoms with van der Waals surface area (Å²) in [6.07, 6.45) is 1.34. The fourth-order valence-corrected chi connectivity index (χ4v) is 1.69. The van der Waals surface area contributed by atoms with Crippen LogP contribution in [-0.2, 0) is 6.61 Å². The van der Waals surface area contributed by atoms with Crippen LogP contribution in [0.4, 0.5) is 11.4 Å². The van der Waals surface area contributed by atoms with E-state index in [-0.39, 0.29) is 28.9 Å². The third-order valence-corrected chi connectivity index (χ3v) is 2.75. The summed E-state index contributed by atoms with van der Waals surface area (Å²) in [4.78, 5) is 15.8. The van der Waals surface area contributed by atoms with Gasteiger partial charge in [-0.05, 0) is 23.8 Å². The number of carbonyl (C=O) groups excluding carboxylic acids is 1. The van der Waals surface area contributed by atoms with E-state index in [2.05, 4.69) is 10.3 Å². The van der Waals surface area contributed by atoms with Crippen LogP contribution in [0.15, 0.2) is 36.5 Å². The lowest BCUT2D eigenvalue weighted by Crippen LogP contribution is -2.14. The highest BCUT2D eigenvalue weighted by atomic mass is 35.5. The Morgan fingerprint density at radius 2 is 2.05 bits per heavy atom. The summed E-state index contributed by atoms with van der Waals surface area (Å²) in [5.74, 6) is -0.362. The van der Waals surface area contributed by atoms with Gasteiger partial charge in [0.05, 0.1) is 24.1 Å². The number of nitrogens with one attached hydrogen (secondary N) is 1. The molecule has 1 heterocycles. The topological polar surface area (TPSA) is 88.2 Å². The van der Waals surface area contributed by atoms with E-state index in [0.717, 1.165) is 5.56 Å². The summed E-state index contributed by atoms with van der Waals surface area (Å²) in [7, 11) is 0. The number of benzene rings is 1. The van der Waals surface area contributed by atoms with Crippen LogP contribution in [0.5, 0.6) is 0 Å². The van der Waals surface area contributed by atoms with Gasteiger partial charge in [0, 0.05) is 5.69 Å². The van der Waals surface area contributed by atoms with Crippen molar-refractivity contribution in [3.8, 4) is 0 Å². The SMILES string of the molecule is Nc1cnc(Cl)cc1C(=O)Nc1ccc(CO)cc1. The maximum atomic E-state index is 12.0. The Balaban J connectivity index is 2.18. The van der Waals surface area contributed by atoms with Crippen molar-refractivity contribution in [2.24, 2.45) is 0 Å². The van der Waals surface area contributed by atoms with E-state index in [9.17, 15) is 4.79 Å². The van der Waals surface area contributed by atoms with Gasteiger partial charge in [-0.15, -0.1) is 0 Å². The van der Waals surface area contributed by atoms with Crippen molar-refractivity contribution in [1.82, 2.24) is 4.98 Å². The van der Waals surface area contributed by atoms with Crippen molar-refractivity contribution < 1.29 is 9.90 Å². The second-order valence-corrected chi connectivity index (χ2v) is 4.29. The van der Waals surface area contributed by atoms with Crippen LogP contribution in [0.25, 0.3) is 0 Å². The predicted molar refractivity (Wildman–Crippen MR) is 74.0 cm³/mol. The molecule has 2 rings (SSSR count). The highest BCUT2D eigenvalue weighted by molar-refractivity contribution is 6.30. The van der Waals surface area contributed by atoms with E-state index in [1.807, 2.05) is 0 Å². The highest BCUT2D eigenvalue weighted by Gasteiger charge is 2.11. The number of aromatic nitrogens is 1. The first-order chi connectivity index (χ1) is 9.10. The van der Waals surface area contributed by atoms with Crippen LogP contribution in [0.3, 0.4) is 0 Å². The molecule has 5 nitrogen and oxygen atoms in total. The van der Waals surface area contributed by atoms with Crippen LogP contribution in [0.1, 0.15) is 15.9 Å². The van der Waals surface area contributed by atoms with Crippen LogP contribution in [0.2, 0.25) is 5.15 Å². The lowest BCUT2D eigenvalue weighted by Gasteiger charge is -2.08. The summed E-state index contributed by atoms with van der Waals surface area (Å²) in [6.45, 7) is -0.0405. The van der Waals surface area contributed by atoms with Gasteiger partial charge in [0.1, 0.15) is 5.15 Å². The van der Waals surface area contributed by atoms with Crippen molar-refractivity contribution in [3.63, 3.8) is 0 Å². The molecule has 2 aromatic rings. The first-order valence-corrected chi connectivity index (χ1v) is 5.90. The standard InChI is InChI=1S/C13H12ClN3O2/c14-12-5-10(11(15)6-16-12)13(19)17-9-3-1-8(7-18)2-4-9/h1-6,18H,7,15H2,(H,17,19). The number of nitrogens with zero attached hydrogens (tertiary/aromatic N) is 1. The number of halogens is 1. The van der Waals surface area contributed by atoms with Gasteiger partial charge in [0.15, 0.2) is 0 Å². The van der Waals surface area contributed by atoms with Crippen molar-refractivity contribution in [1.29, 1.82) is 0 Å². The molecule has 0 atom stereocenters. The number of nitrogens with two attached hydrogens (primary N) is 1. The van der Waals surface area contributed by atoms with Gasteiger partial charge >= 0.3 is 0 Å². The molecule has 1 aromatic carbocycles. The first-order valence-electron chi connectivity index (χ1n) is 5.52. The molecule has 4 N–H and O–H groups in total. The summed E-state index contributed by atoms with van der Waals surface area (Å²) >= 11 is 5.73. The molecule has 0 aliphatic heterocycles. The van der Waals surface area contributed by atoms with E-state index in [1.54, 1.807) is 24.3 Å². The molecule has 6 heteroatoms. The molecule has 0 aliphatic carbocycles. The molecule has 0 aliphatic rings. The lowest BCUT2D eigenvalue weighted by molar-refractivity contribution is 0.102. The minimum Gasteiger partial charge on any atom is -0.397 e. The maximum Gasteiger partial charge on any atom is 0.257 e. The van der Waals surface area contributed by atoms with Gasteiger partial charge < -0.3 is 16.2 Å². The lowest BCUT2D eigenvalue weighted by atomic mass is 10.2. The third kappa shape index (κ3) is 3.21. The normalized spacial score (nSPS) is 10.2. The van der Waals surface area contributed by atoms with Crippen LogP contribution in [0, 0.1) is 0 Å². The Morgan fingerprint density at radius 1 is 1.37 bits per heavy atom. The zero-order valence-electron chi connectivity index (χ0n) is 9.93. The van der Waals surface area contributed by atoms with Gasteiger partial charge in [-0.2, -0.15) is 0 Å². The zero-order chi connectivity index (χ0) is 13.8. The minimum absolute atomic E-state index is 0.0405. The molecule has 1 amide bonds. The maximum absolute atomic E-state index is 12.0. The van der Waals surface area contributed by atoms with Gasteiger partial charge in [-0.3, -0.25) is 4.79 Å². The van der Waals surface area contributed by atoms with Gasteiger partial charge in [0.2, 0.25) is 0 Å². The largest absolute Gasteiger partial charge is 0.397 e. The molecular formula is C13H12ClN3O2. The van der Waals surface area contributed by atoms with Crippen LogP contribution >= 0.6 is 11.6 Å². The monoisotopic (exact) mass is 277 g/mol. The molecule has 0 spiro atoms. The molecule has 0 fully saturated rings. The van der Waals surface area contributed by atoms with Crippen LogP contribution < -0.4 is 11.1 Å². The van der Waals surface area contributed by atoms with E-state index >= 15 is 0 Å². The quantitative estimate of drug-likeness (QED) is 0.749. The molecule has 0 unspecified atom stereocenters. The molecule has 98 valence electrons. The Morgan fingerprint density at radius 3 is 2.68 bits per heavy atom. The van der Waals surface area contributed by atoms with Gasteiger partial charge in [-0.1, -0.05) is 23.7 Å². The molecule has 0 bridgehead atoms. The number of carbonyl (C=O) groups is 1. The predicted octanol–water partition coefficient (Wildman–Crippen LogP) is 2.06. The van der Waals surface area contributed by atoms with Crippen molar-refractivity contribution >= 4 is 28.9 Å². The Kier molecular flexibility index (Phi) is 3.99. The number of nitrogen functional groups attached to an aromatic ring is 1. The number of hydrogen-bond acceptors (Lipinski definition) is 4. The molecular weight excluding hydrogens is 266 g/mol. The minimum atomic E-state index is -0.362. The third-order valence-electron chi connectivity index (χ3n) is 2.54. The number of rotatable bonds is 3. The average molecular weight is 278 g/mol. The molecule has 19 heavy (non-hydrogen) atoms. The fourth-order valence-electron chi connectivity index (χ4n) is 1.53. The van der Waals surface area contributed by atoms with Gasteiger partial charge in [-0.25, -0.2) is 4.98 Å². The van der Waals surface area contributed by atoms with E-state index in [0.29, 0.717) is 5.69 Å². The number of hydrogen-bond donors (Lipinski definition) is 3. The van der Waals surface area contributed by atoms with Crippen molar-refractivity contribution in [2.75, 3.05) is 11.1 Å². The van der Waals surface area contributed by atoms with E-state index in [4.69, 9.17) is 22.4 Å².